The van der Waals surface area contributed by atoms with Gasteiger partial charge >= 0.3 is 0 Å². The number of benzene rings is 2. The number of halogens is 1. The Balaban J connectivity index is 2.34. The van der Waals surface area contributed by atoms with Crippen molar-refractivity contribution in [3.63, 3.8) is 0 Å². The van der Waals surface area contributed by atoms with Crippen molar-refractivity contribution in [2.75, 3.05) is 0 Å². The van der Waals surface area contributed by atoms with E-state index in [1.54, 1.807) is 4.99 Å². The highest BCUT2D eigenvalue weighted by molar-refractivity contribution is 9.11. The smallest absolute Gasteiger partial charge is 0.0234 e. The largest absolute Gasteiger partial charge is 0.109 e. The van der Waals surface area contributed by atoms with E-state index in [2.05, 4.69) is 77.1 Å². The summed E-state index contributed by atoms with van der Waals surface area (Å²) in [5.41, 5.74) is 7.94. The Kier molecular flexibility index (Phi) is 3.98. The molecule has 0 aliphatic rings. The maximum atomic E-state index is 3.24. The van der Waals surface area contributed by atoms with Crippen molar-refractivity contribution in [3.05, 3.63) is 70.9 Å². The molecule has 1 heteroatoms. The Bertz CT molecular complexity index is 544. The van der Waals surface area contributed by atoms with Crippen molar-refractivity contribution >= 4 is 21.5 Å². The zero-order chi connectivity index (χ0) is 12.1. The van der Waals surface area contributed by atoms with E-state index in [0.29, 0.717) is 0 Å². The Labute approximate surface area is 110 Å². The average molecular weight is 285 g/mol. The number of hydrogen-bond donors (Lipinski definition) is 0. The van der Waals surface area contributed by atoms with Crippen LogP contribution in [-0.4, -0.2) is 0 Å². The lowest BCUT2D eigenvalue weighted by atomic mass is 10.0. The van der Waals surface area contributed by atoms with Gasteiger partial charge in [-0.2, -0.15) is 0 Å². The highest BCUT2D eigenvalue weighted by atomic mass is 79.9. The molecule has 0 saturated heterocycles. The molecule has 0 amide bonds. The van der Waals surface area contributed by atoms with E-state index in [1.807, 2.05) is 6.07 Å². The maximum absolute atomic E-state index is 3.24. The van der Waals surface area contributed by atoms with E-state index in [9.17, 15) is 0 Å². The van der Waals surface area contributed by atoms with Gasteiger partial charge in [0, 0.05) is 4.99 Å². The van der Waals surface area contributed by atoms with Crippen molar-refractivity contribution in [2.24, 2.45) is 0 Å². The molecule has 0 spiro atoms. The average Bonchev–Trinajstić information content (AvgIpc) is 2.40. The van der Waals surface area contributed by atoms with Crippen molar-refractivity contribution in [2.45, 2.75) is 6.92 Å². The standard InChI is InChI=1S/C16H13Br/c1-13(11-12-17)14-7-9-16(10-8-14)15-5-3-2-4-6-15/h2-10,12H,1H3. The first-order valence-corrected chi connectivity index (χ1v) is 6.40. The molecular weight excluding hydrogens is 272 g/mol. The molecule has 2 aromatic carbocycles. The summed E-state index contributed by atoms with van der Waals surface area (Å²) in [4.78, 5) is 1.76. The summed E-state index contributed by atoms with van der Waals surface area (Å²) in [5, 5.41) is 0. The molecule has 0 saturated carbocycles. The molecule has 0 bridgehead atoms. The van der Waals surface area contributed by atoms with Gasteiger partial charge in [0.2, 0.25) is 0 Å². The van der Waals surface area contributed by atoms with Gasteiger partial charge in [-0.25, -0.2) is 0 Å². The van der Waals surface area contributed by atoms with Crippen LogP contribution in [0.4, 0.5) is 0 Å². The number of allylic oxidation sites excluding steroid dienone is 1. The second-order valence-corrected chi connectivity index (χ2v) is 4.28. The molecule has 0 aromatic heterocycles. The van der Waals surface area contributed by atoms with E-state index < -0.39 is 0 Å². The maximum Gasteiger partial charge on any atom is 0.0234 e. The lowest BCUT2D eigenvalue weighted by Gasteiger charge is -2.03. The minimum absolute atomic E-state index is 1.13. The van der Waals surface area contributed by atoms with E-state index in [-0.39, 0.29) is 0 Å². The van der Waals surface area contributed by atoms with Crippen molar-refractivity contribution in [3.8, 4) is 11.1 Å². The molecule has 0 aliphatic heterocycles. The first-order valence-electron chi connectivity index (χ1n) is 5.49. The molecule has 2 aromatic rings. The first-order chi connectivity index (χ1) is 8.31. The molecule has 17 heavy (non-hydrogen) atoms. The highest BCUT2D eigenvalue weighted by Crippen LogP contribution is 2.21. The monoisotopic (exact) mass is 284 g/mol. The molecule has 0 nitrogen and oxygen atoms in total. The van der Waals surface area contributed by atoms with Crippen molar-refractivity contribution < 1.29 is 0 Å². The molecule has 2 rings (SSSR count). The molecule has 0 heterocycles. The summed E-state index contributed by atoms with van der Waals surface area (Å²) in [5.74, 6) is 0. The predicted molar refractivity (Wildman–Crippen MR) is 78.0 cm³/mol. The third-order valence-electron chi connectivity index (χ3n) is 2.70. The number of hydrogen-bond acceptors (Lipinski definition) is 0. The second kappa shape index (κ2) is 5.67. The van der Waals surface area contributed by atoms with Crippen LogP contribution in [-0.2, 0) is 0 Å². The van der Waals surface area contributed by atoms with Gasteiger partial charge in [0.1, 0.15) is 0 Å². The van der Waals surface area contributed by atoms with Crippen LogP contribution >= 0.6 is 15.9 Å². The number of rotatable bonds is 2. The minimum atomic E-state index is 1.13. The van der Waals surface area contributed by atoms with Crippen LogP contribution in [0.25, 0.3) is 16.7 Å². The molecule has 0 N–H and O–H groups in total. The molecular formula is C16H13Br. The van der Waals surface area contributed by atoms with Crippen LogP contribution in [0.3, 0.4) is 0 Å². The van der Waals surface area contributed by atoms with E-state index in [0.717, 1.165) is 5.57 Å². The Morgan fingerprint density at radius 2 is 1.53 bits per heavy atom. The van der Waals surface area contributed by atoms with Gasteiger partial charge in [0.05, 0.1) is 0 Å². The van der Waals surface area contributed by atoms with Gasteiger partial charge in [0.25, 0.3) is 0 Å². The summed E-state index contributed by atoms with van der Waals surface area (Å²) in [7, 11) is 0. The fraction of sp³-hybridized carbons (Fsp3) is 0.0625. The van der Waals surface area contributed by atoms with Gasteiger partial charge in [0.15, 0.2) is 0 Å². The zero-order valence-electron chi connectivity index (χ0n) is 9.65. The van der Waals surface area contributed by atoms with Gasteiger partial charge in [-0.3, -0.25) is 0 Å². The fourth-order valence-corrected chi connectivity index (χ4v) is 2.05. The summed E-state index contributed by atoms with van der Waals surface area (Å²) in [6.07, 6.45) is 0. The van der Waals surface area contributed by atoms with E-state index in [4.69, 9.17) is 0 Å². The summed E-state index contributed by atoms with van der Waals surface area (Å²) in [6.45, 7) is 2.05. The van der Waals surface area contributed by atoms with Crippen LogP contribution in [0.15, 0.2) is 65.3 Å². The van der Waals surface area contributed by atoms with Crippen molar-refractivity contribution in [1.29, 1.82) is 0 Å². The molecule has 0 aliphatic carbocycles. The Hall–Kier alpha value is -1.56. The normalized spacial score (nSPS) is 9.53. The SMILES string of the molecule is CC(=C=CBr)c1ccc(-c2ccccc2)cc1. The van der Waals surface area contributed by atoms with Crippen LogP contribution in [0.2, 0.25) is 0 Å². The fourth-order valence-electron chi connectivity index (χ4n) is 1.71. The minimum Gasteiger partial charge on any atom is -0.109 e. The lowest BCUT2D eigenvalue weighted by Crippen LogP contribution is -1.80. The Morgan fingerprint density at radius 1 is 0.941 bits per heavy atom. The molecule has 0 unspecified atom stereocenters. The molecule has 0 atom stereocenters. The molecule has 84 valence electrons. The zero-order valence-corrected chi connectivity index (χ0v) is 11.2. The van der Waals surface area contributed by atoms with Gasteiger partial charge < -0.3 is 0 Å². The highest BCUT2D eigenvalue weighted by Gasteiger charge is 1.98. The third kappa shape index (κ3) is 2.97. The molecule has 0 radical (unpaired) electrons. The Morgan fingerprint density at radius 3 is 2.12 bits per heavy atom. The third-order valence-corrected chi connectivity index (χ3v) is 2.93. The summed E-state index contributed by atoms with van der Waals surface area (Å²) < 4.78 is 0. The van der Waals surface area contributed by atoms with Gasteiger partial charge in [-0.15, -0.1) is 5.73 Å². The predicted octanol–water partition coefficient (Wildman–Crippen LogP) is 5.26. The topological polar surface area (TPSA) is 0 Å². The van der Waals surface area contributed by atoms with E-state index in [1.165, 1.54) is 16.7 Å². The van der Waals surface area contributed by atoms with Crippen LogP contribution in [0.1, 0.15) is 12.5 Å². The van der Waals surface area contributed by atoms with Crippen LogP contribution in [0.5, 0.6) is 0 Å². The quantitative estimate of drug-likeness (QED) is 0.660. The lowest BCUT2D eigenvalue weighted by molar-refractivity contribution is 1.55. The van der Waals surface area contributed by atoms with Gasteiger partial charge in [-0.1, -0.05) is 70.5 Å². The van der Waals surface area contributed by atoms with Crippen LogP contribution < -0.4 is 0 Å². The summed E-state index contributed by atoms with van der Waals surface area (Å²) in [6, 6.07) is 18.9. The van der Waals surface area contributed by atoms with Crippen molar-refractivity contribution in [1.82, 2.24) is 0 Å². The molecule has 0 fully saturated rings. The second-order valence-electron chi connectivity index (χ2n) is 3.82. The van der Waals surface area contributed by atoms with E-state index >= 15 is 0 Å². The van der Waals surface area contributed by atoms with Crippen LogP contribution in [0, 0.1) is 0 Å². The summed E-state index contributed by atoms with van der Waals surface area (Å²) >= 11 is 3.24. The van der Waals surface area contributed by atoms with Gasteiger partial charge in [-0.05, 0) is 29.2 Å². The first kappa shape index (κ1) is 11.9.